The molecular formula is C12H12F5NO3. The summed E-state index contributed by atoms with van der Waals surface area (Å²) in [5.41, 5.74) is -0.435. The number of hydrogen-bond donors (Lipinski definition) is 1. The molecule has 0 fully saturated rings. The Morgan fingerprint density at radius 3 is 2.43 bits per heavy atom. The van der Waals surface area contributed by atoms with Crippen molar-refractivity contribution in [3.63, 3.8) is 0 Å². The van der Waals surface area contributed by atoms with Crippen molar-refractivity contribution in [1.29, 1.82) is 0 Å². The number of ether oxygens (including phenoxy) is 1. The number of nitrogens with zero attached hydrogens (tertiary/aromatic N) is 1. The second-order valence-electron chi connectivity index (χ2n) is 3.94. The minimum absolute atomic E-state index is 0.313. The monoisotopic (exact) mass is 313 g/mol. The standard InChI is InChI=1S/C12H12F5NO3/c13-11(14)21-9-4-2-1-3-8(9)10(20)18(5-6-19)7-12(15,16)17/h1-4,11,19H,5-7H2. The highest BCUT2D eigenvalue weighted by molar-refractivity contribution is 5.97. The SMILES string of the molecule is O=C(c1ccccc1OC(F)F)N(CCO)CC(F)(F)F. The van der Waals surface area contributed by atoms with Crippen molar-refractivity contribution < 1.29 is 36.6 Å². The Hall–Kier alpha value is -1.90. The summed E-state index contributed by atoms with van der Waals surface area (Å²) >= 11 is 0. The molecule has 1 N–H and O–H groups in total. The Morgan fingerprint density at radius 2 is 1.90 bits per heavy atom. The van der Waals surface area contributed by atoms with E-state index in [1.807, 2.05) is 0 Å². The van der Waals surface area contributed by atoms with Gasteiger partial charge in [-0.1, -0.05) is 12.1 Å². The van der Waals surface area contributed by atoms with Crippen molar-refractivity contribution >= 4 is 5.91 Å². The van der Waals surface area contributed by atoms with E-state index in [0.717, 1.165) is 12.1 Å². The number of aliphatic hydroxyl groups excluding tert-OH is 1. The molecule has 118 valence electrons. The maximum Gasteiger partial charge on any atom is 0.406 e. The molecule has 1 aromatic carbocycles. The number of hydrogen-bond acceptors (Lipinski definition) is 3. The lowest BCUT2D eigenvalue weighted by Gasteiger charge is -2.24. The molecule has 0 aliphatic carbocycles. The minimum Gasteiger partial charge on any atom is -0.434 e. The molecule has 0 spiro atoms. The van der Waals surface area contributed by atoms with Crippen molar-refractivity contribution in [2.45, 2.75) is 12.8 Å². The predicted molar refractivity (Wildman–Crippen MR) is 62.1 cm³/mol. The van der Waals surface area contributed by atoms with Crippen molar-refractivity contribution in [1.82, 2.24) is 4.90 Å². The Kier molecular flexibility index (Phi) is 5.89. The Bertz CT molecular complexity index is 478. The van der Waals surface area contributed by atoms with Crippen LogP contribution < -0.4 is 4.74 Å². The quantitative estimate of drug-likeness (QED) is 0.820. The maximum absolute atomic E-state index is 12.4. The maximum atomic E-state index is 12.4. The van der Waals surface area contributed by atoms with E-state index < -0.39 is 49.7 Å². The highest BCUT2D eigenvalue weighted by Gasteiger charge is 2.34. The number of rotatable bonds is 6. The molecule has 21 heavy (non-hydrogen) atoms. The van der Waals surface area contributed by atoms with Crippen LogP contribution in [0.5, 0.6) is 5.75 Å². The van der Waals surface area contributed by atoms with E-state index in [-0.39, 0.29) is 0 Å². The topological polar surface area (TPSA) is 49.8 Å². The average molecular weight is 313 g/mol. The first kappa shape index (κ1) is 17.2. The molecule has 1 rings (SSSR count). The third-order valence-corrected chi connectivity index (χ3v) is 2.36. The fraction of sp³-hybridized carbons (Fsp3) is 0.417. The van der Waals surface area contributed by atoms with E-state index in [2.05, 4.69) is 4.74 Å². The first-order valence-corrected chi connectivity index (χ1v) is 5.75. The van der Waals surface area contributed by atoms with Gasteiger partial charge in [0.15, 0.2) is 0 Å². The summed E-state index contributed by atoms with van der Waals surface area (Å²) in [6.45, 7) is -6.09. The molecule has 0 unspecified atom stereocenters. The number of benzene rings is 1. The van der Waals surface area contributed by atoms with Crippen molar-refractivity contribution in [3.05, 3.63) is 29.8 Å². The van der Waals surface area contributed by atoms with Crippen LogP contribution in [0.2, 0.25) is 0 Å². The molecule has 0 saturated heterocycles. The molecule has 0 saturated carbocycles. The van der Waals surface area contributed by atoms with Crippen LogP contribution in [-0.4, -0.2) is 48.4 Å². The summed E-state index contributed by atoms with van der Waals surface area (Å²) in [4.78, 5) is 12.3. The van der Waals surface area contributed by atoms with Crippen molar-refractivity contribution in [2.24, 2.45) is 0 Å². The fourth-order valence-electron chi connectivity index (χ4n) is 1.60. The van der Waals surface area contributed by atoms with E-state index in [1.54, 1.807) is 0 Å². The van der Waals surface area contributed by atoms with Gasteiger partial charge in [-0.15, -0.1) is 0 Å². The number of carbonyl (C=O) groups excluding carboxylic acids is 1. The van der Waals surface area contributed by atoms with Crippen LogP contribution in [-0.2, 0) is 0 Å². The first-order chi connectivity index (χ1) is 9.74. The van der Waals surface area contributed by atoms with E-state index in [9.17, 15) is 26.7 Å². The number of amides is 1. The van der Waals surface area contributed by atoms with Gasteiger partial charge in [-0.25, -0.2) is 0 Å². The second-order valence-corrected chi connectivity index (χ2v) is 3.94. The molecule has 1 aromatic rings. The lowest BCUT2D eigenvalue weighted by Crippen LogP contribution is -2.40. The highest BCUT2D eigenvalue weighted by atomic mass is 19.4. The minimum atomic E-state index is -4.68. The average Bonchev–Trinajstić information content (AvgIpc) is 2.36. The van der Waals surface area contributed by atoms with Crippen molar-refractivity contribution in [3.8, 4) is 5.75 Å². The number of halogens is 5. The molecule has 4 nitrogen and oxygen atoms in total. The molecular weight excluding hydrogens is 301 g/mol. The lowest BCUT2D eigenvalue weighted by atomic mass is 10.1. The zero-order chi connectivity index (χ0) is 16.0. The highest BCUT2D eigenvalue weighted by Crippen LogP contribution is 2.24. The Balaban J connectivity index is 3.03. The summed E-state index contributed by atoms with van der Waals surface area (Å²) in [7, 11) is 0. The van der Waals surface area contributed by atoms with E-state index in [1.165, 1.54) is 12.1 Å². The molecule has 0 bridgehead atoms. The number of para-hydroxylation sites is 1. The fourth-order valence-corrected chi connectivity index (χ4v) is 1.60. The smallest absolute Gasteiger partial charge is 0.406 e. The van der Waals surface area contributed by atoms with Crippen LogP contribution in [0.3, 0.4) is 0 Å². The second kappa shape index (κ2) is 7.21. The van der Waals surface area contributed by atoms with E-state index in [4.69, 9.17) is 5.11 Å². The van der Waals surface area contributed by atoms with Crippen LogP contribution in [0, 0.1) is 0 Å². The summed E-state index contributed by atoms with van der Waals surface area (Å²) in [5.74, 6) is -1.68. The van der Waals surface area contributed by atoms with E-state index in [0.29, 0.717) is 4.90 Å². The Labute approximate surface area is 116 Å². The normalized spacial score (nSPS) is 11.6. The predicted octanol–water partition coefficient (Wildman–Crippen LogP) is 2.28. The van der Waals surface area contributed by atoms with Gasteiger partial charge in [0.05, 0.1) is 12.2 Å². The van der Waals surface area contributed by atoms with Gasteiger partial charge < -0.3 is 14.7 Å². The van der Waals surface area contributed by atoms with Crippen molar-refractivity contribution in [2.75, 3.05) is 19.7 Å². The van der Waals surface area contributed by atoms with E-state index >= 15 is 0 Å². The number of carbonyl (C=O) groups is 1. The molecule has 9 heteroatoms. The molecule has 0 aliphatic heterocycles. The molecule has 1 amide bonds. The molecule has 0 aromatic heterocycles. The van der Waals surface area contributed by atoms with Gasteiger partial charge in [0.25, 0.3) is 5.91 Å². The molecule has 0 aliphatic rings. The molecule has 0 atom stereocenters. The third-order valence-electron chi connectivity index (χ3n) is 2.36. The van der Waals surface area contributed by atoms with Crippen LogP contribution in [0.15, 0.2) is 24.3 Å². The molecule has 0 radical (unpaired) electrons. The third kappa shape index (κ3) is 5.54. The largest absolute Gasteiger partial charge is 0.434 e. The van der Waals surface area contributed by atoms with Gasteiger partial charge in [0, 0.05) is 6.54 Å². The summed E-state index contributed by atoms with van der Waals surface area (Å²) in [5, 5.41) is 8.73. The summed E-state index contributed by atoms with van der Waals surface area (Å²) in [6.07, 6.45) is -4.68. The zero-order valence-electron chi connectivity index (χ0n) is 10.6. The number of alkyl halides is 5. The van der Waals surface area contributed by atoms with Gasteiger partial charge in [-0.3, -0.25) is 4.79 Å². The first-order valence-electron chi connectivity index (χ1n) is 5.75. The van der Waals surface area contributed by atoms with Crippen LogP contribution in [0.25, 0.3) is 0 Å². The number of aliphatic hydroxyl groups is 1. The van der Waals surface area contributed by atoms with Crippen LogP contribution in [0.1, 0.15) is 10.4 Å². The van der Waals surface area contributed by atoms with Crippen LogP contribution in [0.4, 0.5) is 22.0 Å². The van der Waals surface area contributed by atoms with Gasteiger partial charge in [0.1, 0.15) is 12.3 Å². The van der Waals surface area contributed by atoms with Crippen LogP contribution >= 0.6 is 0 Å². The van der Waals surface area contributed by atoms with Gasteiger partial charge in [0.2, 0.25) is 0 Å². The summed E-state index contributed by atoms with van der Waals surface area (Å²) in [6, 6.07) is 4.72. The molecule has 0 heterocycles. The lowest BCUT2D eigenvalue weighted by molar-refractivity contribution is -0.141. The zero-order valence-corrected chi connectivity index (χ0v) is 10.6. The Morgan fingerprint density at radius 1 is 1.29 bits per heavy atom. The van der Waals surface area contributed by atoms with Gasteiger partial charge in [-0.05, 0) is 12.1 Å². The van der Waals surface area contributed by atoms with Gasteiger partial charge in [-0.2, -0.15) is 22.0 Å². The van der Waals surface area contributed by atoms with Gasteiger partial charge >= 0.3 is 12.8 Å². The summed E-state index contributed by atoms with van der Waals surface area (Å²) < 4.78 is 65.7.